The van der Waals surface area contributed by atoms with Crippen molar-refractivity contribution in [3.05, 3.63) is 35.4 Å². The largest absolute Gasteiger partial charge is 0.321 e. The van der Waals surface area contributed by atoms with Crippen molar-refractivity contribution >= 4 is 9.84 Å². The average Bonchev–Trinajstić information content (AvgIpc) is 2.38. The molecule has 2 N–H and O–H groups in total. The molecule has 1 fully saturated rings. The molecule has 1 aliphatic rings. The summed E-state index contributed by atoms with van der Waals surface area (Å²) in [5, 5.41) is -0.228. The lowest BCUT2D eigenvalue weighted by atomic mass is 9.72. The molecule has 3 nitrogen and oxygen atoms in total. The smallest absolute Gasteiger partial charge is 0.150 e. The summed E-state index contributed by atoms with van der Waals surface area (Å²) in [5.41, 5.74) is 8.43. The van der Waals surface area contributed by atoms with Gasteiger partial charge in [-0.1, -0.05) is 36.2 Å². The molecule has 0 amide bonds. The van der Waals surface area contributed by atoms with Crippen LogP contribution in [0.5, 0.6) is 0 Å². The Balaban J connectivity index is 2.25. The minimum absolute atomic E-state index is 0.220. The van der Waals surface area contributed by atoms with E-state index in [4.69, 9.17) is 5.73 Å². The fourth-order valence-electron chi connectivity index (χ4n) is 3.29. The van der Waals surface area contributed by atoms with Crippen molar-refractivity contribution in [2.24, 2.45) is 11.7 Å². The van der Waals surface area contributed by atoms with Gasteiger partial charge in [0.15, 0.2) is 0 Å². The summed E-state index contributed by atoms with van der Waals surface area (Å²) in [7, 11) is -2.96. The lowest BCUT2D eigenvalue weighted by Crippen LogP contribution is -2.45. The van der Waals surface area contributed by atoms with Crippen molar-refractivity contribution < 1.29 is 8.42 Å². The van der Waals surface area contributed by atoms with E-state index in [2.05, 4.69) is 25.1 Å². The molecule has 1 aromatic rings. The first kappa shape index (κ1) is 15.5. The van der Waals surface area contributed by atoms with E-state index in [-0.39, 0.29) is 11.2 Å². The van der Waals surface area contributed by atoms with Crippen molar-refractivity contribution in [1.82, 2.24) is 0 Å². The van der Waals surface area contributed by atoms with Crippen LogP contribution in [0.4, 0.5) is 0 Å². The summed E-state index contributed by atoms with van der Waals surface area (Å²) >= 11 is 0. The summed E-state index contributed by atoms with van der Waals surface area (Å²) in [6, 6.07) is 8.24. The molecule has 0 aliphatic heterocycles. The molecule has 0 radical (unpaired) electrons. The molecule has 3 atom stereocenters. The number of sulfone groups is 1. The molecule has 1 aliphatic carbocycles. The molecule has 20 heavy (non-hydrogen) atoms. The first-order valence-electron chi connectivity index (χ1n) is 7.26. The average molecular weight is 295 g/mol. The van der Waals surface area contributed by atoms with Crippen molar-refractivity contribution in [2.45, 2.75) is 50.3 Å². The van der Waals surface area contributed by atoms with Crippen LogP contribution in [-0.4, -0.2) is 19.9 Å². The van der Waals surface area contributed by atoms with E-state index in [1.165, 1.54) is 11.8 Å². The Labute approximate surface area is 122 Å². The van der Waals surface area contributed by atoms with Gasteiger partial charge in [0.05, 0.1) is 5.25 Å². The first-order chi connectivity index (χ1) is 9.21. The third-order valence-electron chi connectivity index (χ3n) is 4.72. The maximum Gasteiger partial charge on any atom is 0.150 e. The van der Waals surface area contributed by atoms with Crippen LogP contribution in [0, 0.1) is 12.8 Å². The normalized spacial score (nSPS) is 27.0. The Bertz CT molecular complexity index is 578. The van der Waals surface area contributed by atoms with Gasteiger partial charge < -0.3 is 5.73 Å². The second-order valence-corrected chi connectivity index (χ2v) is 8.79. The van der Waals surface area contributed by atoms with E-state index >= 15 is 0 Å². The predicted molar refractivity (Wildman–Crippen MR) is 83.3 cm³/mol. The molecule has 0 heterocycles. The van der Waals surface area contributed by atoms with Gasteiger partial charge in [0, 0.05) is 11.8 Å². The Morgan fingerprint density at radius 1 is 1.30 bits per heavy atom. The van der Waals surface area contributed by atoms with Gasteiger partial charge in [-0.3, -0.25) is 0 Å². The van der Waals surface area contributed by atoms with Gasteiger partial charge in [-0.05, 0) is 44.6 Å². The highest BCUT2D eigenvalue weighted by Crippen LogP contribution is 2.39. The van der Waals surface area contributed by atoms with Gasteiger partial charge in [-0.15, -0.1) is 0 Å². The van der Waals surface area contributed by atoms with Crippen molar-refractivity contribution in [2.75, 3.05) is 6.26 Å². The quantitative estimate of drug-likeness (QED) is 0.932. The monoisotopic (exact) mass is 295 g/mol. The summed E-state index contributed by atoms with van der Waals surface area (Å²) in [6.07, 6.45) is 4.76. The van der Waals surface area contributed by atoms with E-state index in [9.17, 15) is 8.42 Å². The molecule has 1 saturated carbocycles. The highest BCUT2D eigenvalue weighted by Gasteiger charge is 2.38. The van der Waals surface area contributed by atoms with Crippen LogP contribution in [-0.2, 0) is 15.4 Å². The predicted octanol–water partition coefficient (Wildman–Crippen LogP) is 2.77. The Morgan fingerprint density at radius 2 is 2.00 bits per heavy atom. The standard InChI is InChI=1S/C16H25NO2S/c1-12-6-4-7-13(10-12)16(2,17)14-8-5-9-15(11-14)20(3,18)19/h4,6-7,10,14-15H,5,8-9,11,17H2,1-3H3. The molecule has 0 spiro atoms. The minimum atomic E-state index is -2.96. The fourth-order valence-corrected chi connectivity index (χ4v) is 4.47. The lowest BCUT2D eigenvalue weighted by Gasteiger charge is -2.39. The molecule has 4 heteroatoms. The van der Waals surface area contributed by atoms with E-state index in [0.29, 0.717) is 6.42 Å². The van der Waals surface area contributed by atoms with Crippen LogP contribution in [0.25, 0.3) is 0 Å². The van der Waals surface area contributed by atoms with Gasteiger partial charge in [-0.2, -0.15) is 0 Å². The number of hydrogen-bond acceptors (Lipinski definition) is 3. The van der Waals surface area contributed by atoms with Crippen LogP contribution in [0.2, 0.25) is 0 Å². The van der Waals surface area contributed by atoms with Gasteiger partial charge >= 0.3 is 0 Å². The second-order valence-electron chi connectivity index (χ2n) is 6.47. The van der Waals surface area contributed by atoms with E-state index in [1.807, 2.05) is 13.0 Å². The maximum atomic E-state index is 11.8. The summed E-state index contributed by atoms with van der Waals surface area (Å²) < 4.78 is 23.6. The molecule has 0 aromatic heterocycles. The minimum Gasteiger partial charge on any atom is -0.321 e. The lowest BCUT2D eigenvalue weighted by molar-refractivity contribution is 0.225. The van der Waals surface area contributed by atoms with Crippen molar-refractivity contribution in [1.29, 1.82) is 0 Å². The van der Waals surface area contributed by atoms with Crippen molar-refractivity contribution in [3.8, 4) is 0 Å². The number of hydrogen-bond donors (Lipinski definition) is 1. The maximum absolute atomic E-state index is 11.8. The molecular formula is C16H25NO2S. The molecular weight excluding hydrogens is 270 g/mol. The van der Waals surface area contributed by atoms with Crippen LogP contribution in [0.15, 0.2) is 24.3 Å². The highest BCUT2D eigenvalue weighted by atomic mass is 32.2. The second kappa shape index (κ2) is 5.49. The van der Waals surface area contributed by atoms with Crippen LogP contribution in [0.3, 0.4) is 0 Å². The number of benzene rings is 1. The molecule has 0 saturated heterocycles. The van der Waals surface area contributed by atoms with Gasteiger partial charge in [0.2, 0.25) is 0 Å². The number of rotatable bonds is 3. The molecule has 0 bridgehead atoms. The van der Waals surface area contributed by atoms with Crippen LogP contribution in [0.1, 0.15) is 43.7 Å². The molecule has 3 unspecified atom stereocenters. The topological polar surface area (TPSA) is 60.2 Å². The Morgan fingerprint density at radius 3 is 2.60 bits per heavy atom. The Hall–Kier alpha value is -0.870. The zero-order valence-corrected chi connectivity index (χ0v) is 13.4. The zero-order chi connectivity index (χ0) is 15.0. The fraction of sp³-hybridized carbons (Fsp3) is 0.625. The van der Waals surface area contributed by atoms with E-state index in [0.717, 1.165) is 24.8 Å². The van der Waals surface area contributed by atoms with Gasteiger partial charge in [0.1, 0.15) is 9.84 Å². The van der Waals surface area contributed by atoms with Crippen molar-refractivity contribution in [3.63, 3.8) is 0 Å². The summed E-state index contributed by atoms with van der Waals surface area (Å²) in [4.78, 5) is 0. The van der Waals surface area contributed by atoms with Gasteiger partial charge in [-0.25, -0.2) is 8.42 Å². The molecule has 2 rings (SSSR count). The van der Waals surface area contributed by atoms with Gasteiger partial charge in [0.25, 0.3) is 0 Å². The zero-order valence-electron chi connectivity index (χ0n) is 12.6. The first-order valence-corrected chi connectivity index (χ1v) is 9.21. The Kier molecular flexibility index (Phi) is 4.26. The highest BCUT2D eigenvalue weighted by molar-refractivity contribution is 7.91. The number of nitrogens with two attached hydrogens (primary N) is 1. The molecule has 112 valence electrons. The summed E-state index contributed by atoms with van der Waals surface area (Å²) in [5.74, 6) is 0.220. The SMILES string of the molecule is Cc1cccc(C(C)(N)C2CCCC(S(C)(=O)=O)C2)c1. The number of aryl methyl sites for hydroxylation is 1. The van der Waals surface area contributed by atoms with Crippen LogP contribution >= 0.6 is 0 Å². The third-order valence-corrected chi connectivity index (χ3v) is 6.36. The van der Waals surface area contributed by atoms with E-state index in [1.54, 1.807) is 0 Å². The molecule has 1 aromatic carbocycles. The van der Waals surface area contributed by atoms with E-state index < -0.39 is 15.4 Å². The third kappa shape index (κ3) is 3.23. The summed E-state index contributed by atoms with van der Waals surface area (Å²) in [6.45, 7) is 4.09. The van der Waals surface area contributed by atoms with Crippen LogP contribution < -0.4 is 5.73 Å².